The van der Waals surface area contributed by atoms with E-state index >= 15 is 0 Å². The number of rotatable bonds is 4. The minimum atomic E-state index is -0.663. The van der Waals surface area contributed by atoms with Crippen LogP contribution in [0, 0.1) is 17.1 Å². The number of carbonyl (C=O) groups is 1. The molecule has 1 aliphatic rings. The van der Waals surface area contributed by atoms with Crippen molar-refractivity contribution in [3.8, 4) is 23.4 Å². The fourth-order valence-corrected chi connectivity index (χ4v) is 3.38. The highest BCUT2D eigenvalue weighted by atomic mass is 35.5. The molecule has 0 saturated carbocycles. The normalized spacial score (nSPS) is 13.3. The lowest BCUT2D eigenvalue weighted by atomic mass is 10.2. The van der Waals surface area contributed by atoms with Crippen molar-refractivity contribution in [2.45, 2.75) is 0 Å². The number of nitrogens with one attached hydrogen (secondary N) is 1. The molecule has 12 heteroatoms. The first kappa shape index (κ1) is 22.0. The quantitative estimate of drug-likeness (QED) is 0.589. The molecule has 0 atom stereocenters. The average Bonchev–Trinajstić information content (AvgIpc) is 2.77. The van der Waals surface area contributed by atoms with Crippen molar-refractivity contribution in [2.24, 2.45) is 5.10 Å². The first-order valence-electron chi connectivity index (χ1n) is 9.09. The second-order valence-electron chi connectivity index (χ2n) is 6.52. The summed E-state index contributed by atoms with van der Waals surface area (Å²) in [4.78, 5) is 24.4. The summed E-state index contributed by atoms with van der Waals surface area (Å²) in [7, 11) is 0. The Morgan fingerprint density at radius 1 is 1.09 bits per heavy atom. The van der Waals surface area contributed by atoms with Gasteiger partial charge in [-0.05, 0) is 30.3 Å². The molecule has 2 amide bonds. The van der Waals surface area contributed by atoms with E-state index < -0.39 is 17.4 Å². The van der Waals surface area contributed by atoms with Gasteiger partial charge in [0.15, 0.2) is 11.5 Å². The molecule has 0 bridgehead atoms. The average molecular weight is 485 g/mol. The van der Waals surface area contributed by atoms with E-state index in [4.69, 9.17) is 33.2 Å². The number of carbonyl (C=O) groups excluding carboxylic acids is 1. The molecule has 0 spiro atoms. The van der Waals surface area contributed by atoms with Crippen LogP contribution in [0.5, 0.6) is 11.6 Å². The summed E-state index contributed by atoms with van der Waals surface area (Å²) in [6.45, 7) is 3.54. The van der Waals surface area contributed by atoms with Gasteiger partial charge in [-0.1, -0.05) is 35.8 Å². The van der Waals surface area contributed by atoms with Crippen LogP contribution >= 0.6 is 23.2 Å². The van der Waals surface area contributed by atoms with E-state index in [-0.39, 0.29) is 44.5 Å². The molecule has 0 aliphatic carbocycles. The van der Waals surface area contributed by atoms with Gasteiger partial charge in [-0.3, -0.25) is 4.79 Å². The molecule has 2 aromatic carbocycles. The van der Waals surface area contributed by atoms with Crippen molar-refractivity contribution < 1.29 is 13.9 Å². The molecule has 9 nitrogen and oxygen atoms in total. The minimum Gasteiger partial charge on any atom is -0.434 e. The molecular weight excluding hydrogens is 474 g/mol. The van der Waals surface area contributed by atoms with E-state index in [1.165, 1.54) is 42.5 Å². The highest BCUT2D eigenvalue weighted by molar-refractivity contribution is 6.37. The van der Waals surface area contributed by atoms with Crippen molar-refractivity contribution in [1.82, 2.24) is 15.1 Å². The Kier molecular flexibility index (Phi) is 5.83. The van der Waals surface area contributed by atoms with Crippen LogP contribution in [0.1, 0.15) is 0 Å². The smallest absolute Gasteiger partial charge is 0.347 e. The molecule has 164 valence electrons. The number of urea groups is 1. The molecule has 0 saturated heterocycles. The van der Waals surface area contributed by atoms with Crippen LogP contribution in [-0.2, 0) is 0 Å². The van der Waals surface area contributed by atoms with Crippen LogP contribution in [-0.4, -0.2) is 21.5 Å². The third-order valence-corrected chi connectivity index (χ3v) is 4.87. The Labute approximate surface area is 195 Å². The number of ether oxygens (including phenoxy) is 1. The van der Waals surface area contributed by atoms with Crippen LogP contribution in [0.15, 0.2) is 70.7 Å². The van der Waals surface area contributed by atoms with Crippen LogP contribution in [0.3, 0.4) is 0 Å². The van der Waals surface area contributed by atoms with E-state index in [9.17, 15) is 14.0 Å². The van der Waals surface area contributed by atoms with Gasteiger partial charge in [0.1, 0.15) is 11.9 Å². The second-order valence-corrected chi connectivity index (χ2v) is 7.34. The zero-order valence-electron chi connectivity index (χ0n) is 16.4. The van der Waals surface area contributed by atoms with Crippen molar-refractivity contribution in [2.75, 3.05) is 5.01 Å². The van der Waals surface area contributed by atoms with Crippen molar-refractivity contribution >= 4 is 40.6 Å². The number of hydrogen-bond donors (Lipinski definition) is 1. The summed E-state index contributed by atoms with van der Waals surface area (Å²) in [6, 6.07) is 11.6. The number of hydrazone groups is 1. The Balaban J connectivity index is 1.68. The summed E-state index contributed by atoms with van der Waals surface area (Å²) in [5.41, 5.74) is -0.180. The summed E-state index contributed by atoms with van der Waals surface area (Å²) in [5, 5.41) is 20.4. The Morgan fingerprint density at radius 3 is 2.48 bits per heavy atom. The standard InChI is InChI=1S/C21H11Cl2FN6O3/c1-11-17(10-25)27-30(21(32)26-11)14-8-15(22)20(16(23)9-14)33-18-5-6-19(31)29(28-18)13-4-2-3-12(24)7-13/h2-9H,1H2,(H,26,32). The first-order valence-corrected chi connectivity index (χ1v) is 9.84. The van der Waals surface area contributed by atoms with Crippen LogP contribution in [0.2, 0.25) is 10.0 Å². The van der Waals surface area contributed by atoms with Crippen LogP contribution in [0.25, 0.3) is 5.69 Å². The highest BCUT2D eigenvalue weighted by Gasteiger charge is 2.26. The third-order valence-electron chi connectivity index (χ3n) is 4.30. The number of nitrogens with zero attached hydrogens (tertiary/aromatic N) is 5. The minimum absolute atomic E-state index is 0.00582. The van der Waals surface area contributed by atoms with Crippen molar-refractivity contribution in [3.63, 3.8) is 0 Å². The number of hydrogen-bond acceptors (Lipinski definition) is 6. The molecule has 3 aromatic rings. The van der Waals surface area contributed by atoms with Gasteiger partial charge in [0.25, 0.3) is 5.56 Å². The number of allylic oxidation sites excluding steroid dienone is 1. The second kappa shape index (κ2) is 8.74. The van der Waals surface area contributed by atoms with E-state index in [2.05, 4.69) is 22.1 Å². The van der Waals surface area contributed by atoms with Gasteiger partial charge in [0, 0.05) is 12.1 Å². The molecule has 0 fully saturated rings. The van der Waals surface area contributed by atoms with Gasteiger partial charge < -0.3 is 10.1 Å². The molecule has 2 heterocycles. The number of aromatic nitrogens is 2. The predicted molar refractivity (Wildman–Crippen MR) is 120 cm³/mol. The summed E-state index contributed by atoms with van der Waals surface area (Å²) in [6.07, 6.45) is 0. The number of halogens is 3. The fraction of sp³-hybridized carbons (Fsp3) is 0. The molecule has 4 rings (SSSR count). The number of amides is 2. The third kappa shape index (κ3) is 4.41. The van der Waals surface area contributed by atoms with Crippen molar-refractivity contribution in [3.05, 3.63) is 87.0 Å². The maximum atomic E-state index is 13.6. The summed E-state index contributed by atoms with van der Waals surface area (Å²) >= 11 is 12.6. The molecule has 1 aromatic heterocycles. The Bertz CT molecular complexity index is 1420. The number of anilines is 1. The summed E-state index contributed by atoms with van der Waals surface area (Å²) < 4.78 is 20.2. The van der Waals surface area contributed by atoms with Gasteiger partial charge in [-0.25, -0.2) is 9.18 Å². The SMILES string of the molecule is C=C1NC(=O)N(c2cc(Cl)c(Oc3ccc(=O)n(-c4cccc(F)c4)n3)c(Cl)c2)N=C1C#N. The van der Waals surface area contributed by atoms with E-state index in [1.807, 2.05) is 6.07 Å². The maximum absolute atomic E-state index is 13.6. The summed E-state index contributed by atoms with van der Waals surface area (Å²) in [5.74, 6) is -0.598. The van der Waals surface area contributed by atoms with E-state index in [0.29, 0.717) is 0 Å². The van der Waals surface area contributed by atoms with E-state index in [0.717, 1.165) is 15.8 Å². The first-order chi connectivity index (χ1) is 15.8. The molecule has 1 N–H and O–H groups in total. The predicted octanol–water partition coefficient (Wildman–Crippen LogP) is 4.39. The lowest BCUT2D eigenvalue weighted by Crippen LogP contribution is -2.42. The molecule has 1 aliphatic heterocycles. The lowest BCUT2D eigenvalue weighted by Gasteiger charge is -2.24. The Morgan fingerprint density at radius 2 is 1.82 bits per heavy atom. The topological polar surface area (TPSA) is 113 Å². The zero-order valence-corrected chi connectivity index (χ0v) is 17.9. The molecular formula is C21H11Cl2FN6O3. The van der Waals surface area contributed by atoms with Crippen molar-refractivity contribution in [1.29, 1.82) is 5.26 Å². The number of nitriles is 1. The van der Waals surface area contributed by atoms with Crippen LogP contribution in [0.4, 0.5) is 14.9 Å². The highest BCUT2D eigenvalue weighted by Crippen LogP contribution is 2.39. The van der Waals surface area contributed by atoms with Gasteiger partial charge in [-0.15, -0.1) is 5.10 Å². The fourth-order valence-electron chi connectivity index (χ4n) is 2.82. The Hall–Kier alpha value is -4.20. The van der Waals surface area contributed by atoms with Gasteiger partial charge in [0.05, 0.1) is 27.1 Å². The van der Waals surface area contributed by atoms with E-state index in [1.54, 1.807) is 0 Å². The molecule has 33 heavy (non-hydrogen) atoms. The largest absolute Gasteiger partial charge is 0.434 e. The van der Waals surface area contributed by atoms with Gasteiger partial charge in [-0.2, -0.15) is 20.1 Å². The van der Waals surface area contributed by atoms with Crippen LogP contribution < -0.4 is 20.6 Å². The lowest BCUT2D eigenvalue weighted by molar-refractivity contribution is 0.248. The van der Waals surface area contributed by atoms with Gasteiger partial charge >= 0.3 is 6.03 Å². The monoisotopic (exact) mass is 484 g/mol. The van der Waals surface area contributed by atoms with Gasteiger partial charge in [0.2, 0.25) is 5.88 Å². The number of benzene rings is 2. The molecule has 0 radical (unpaired) electrons. The maximum Gasteiger partial charge on any atom is 0.347 e. The molecule has 0 unspecified atom stereocenters. The zero-order chi connectivity index (χ0) is 23.7.